The zero-order valence-corrected chi connectivity index (χ0v) is 113. The van der Waals surface area contributed by atoms with Gasteiger partial charge in [0.2, 0.25) is 0 Å². The Labute approximate surface area is 929 Å². The monoisotopic (exact) mass is 2040 g/mol. The van der Waals surface area contributed by atoms with Crippen LogP contribution in [0.4, 0.5) is 0 Å². The van der Waals surface area contributed by atoms with Crippen LogP contribution in [0.2, 0.25) is 0 Å². The van der Waals surface area contributed by atoms with E-state index < -0.39 is 0 Å². The molecule has 0 rings (SSSR count). The van der Waals surface area contributed by atoms with Gasteiger partial charge in [-0.05, 0) is 188 Å². The molecule has 0 aliphatic heterocycles. The third-order valence-electron chi connectivity index (χ3n) is 28.0. The Hall–Kier alpha value is -0.300. The van der Waals surface area contributed by atoms with Gasteiger partial charge in [-0.25, -0.2) is 0 Å². The largest absolute Gasteiger partial charge is 0.379 e. The van der Waals surface area contributed by atoms with Crippen molar-refractivity contribution in [3.8, 4) is 0 Å². The SMILES string of the molecule is C=CCCCCC(C)C.CC(C)CCC(C)(C)C.CC(C)CCCCC(C)(C)C.CC(C)CCCCCCC(C)(C)C.CC(C)CCCCCCC(C)C.CCCC(C)(C)CCC(C)C.CCCC(CCC)CC(C)C.CCCCC(C)C.CCCCCC(C)C(C)C.CCCCCCC(C)C.CCCCCCCCCCC(C)C.CCCCCCCCCCCCC(C)C.COC(C)(C)CCCCCCC(C)C. The number of hydrogen-bond donors (Lipinski definition) is 0. The van der Waals surface area contributed by atoms with Gasteiger partial charge in [-0.2, -0.15) is 0 Å². The Bertz CT molecular complexity index is 2110. The lowest BCUT2D eigenvalue weighted by Crippen LogP contribution is -2.21. The number of allylic oxidation sites excluding steroid dienone is 1. The highest BCUT2D eigenvalue weighted by Gasteiger charge is 2.18. The van der Waals surface area contributed by atoms with Crippen molar-refractivity contribution in [1.82, 2.24) is 0 Å². The Morgan fingerprint density at radius 2 is 0.396 bits per heavy atom. The molecule has 1 nitrogen and oxygen atoms in total. The van der Waals surface area contributed by atoms with Crippen LogP contribution in [0.1, 0.15) is 789 Å². The maximum atomic E-state index is 5.38. The van der Waals surface area contributed by atoms with E-state index in [0.717, 1.165) is 94.7 Å². The summed E-state index contributed by atoms with van der Waals surface area (Å²) in [5, 5.41) is 0. The maximum absolute atomic E-state index is 5.38. The van der Waals surface area contributed by atoms with Gasteiger partial charge in [0.05, 0.1) is 5.60 Å². The van der Waals surface area contributed by atoms with E-state index in [0.29, 0.717) is 21.7 Å². The molecule has 0 saturated heterocycles. The Kier molecular flexibility index (Phi) is 154. The summed E-state index contributed by atoms with van der Waals surface area (Å²) in [6, 6.07) is 0. The quantitative estimate of drug-likeness (QED) is 0.0436. The molecule has 0 aromatic rings. The van der Waals surface area contributed by atoms with E-state index in [-0.39, 0.29) is 5.60 Å². The Morgan fingerprint density at radius 1 is 0.188 bits per heavy atom. The van der Waals surface area contributed by atoms with Crippen LogP contribution in [0.25, 0.3) is 0 Å². The van der Waals surface area contributed by atoms with Crippen LogP contribution in [-0.2, 0) is 4.74 Å². The highest BCUT2D eigenvalue weighted by molar-refractivity contribution is 4.72. The molecule has 1 unspecified atom stereocenters. The lowest BCUT2D eigenvalue weighted by molar-refractivity contribution is 0.0134. The molecular weight excluding hydrogens is 1730 g/mol. The van der Waals surface area contributed by atoms with Crippen molar-refractivity contribution in [3.05, 3.63) is 12.7 Å². The van der Waals surface area contributed by atoms with Gasteiger partial charge in [0, 0.05) is 7.11 Å². The average molecular weight is 2050 g/mol. The molecule has 0 amide bonds. The van der Waals surface area contributed by atoms with E-state index in [1.165, 1.54) is 443 Å². The van der Waals surface area contributed by atoms with Gasteiger partial charge in [0.1, 0.15) is 0 Å². The second-order valence-electron chi connectivity index (χ2n) is 57.1. The van der Waals surface area contributed by atoms with Gasteiger partial charge in [0.15, 0.2) is 0 Å². The molecule has 0 heterocycles. The second-order valence-corrected chi connectivity index (χ2v) is 57.1. The number of unbranched alkanes of at least 4 members (excludes halogenated alkanes) is 34. The van der Waals surface area contributed by atoms with Crippen LogP contribution < -0.4 is 0 Å². The lowest BCUT2D eigenvalue weighted by atomic mass is 9.82. The number of methoxy groups -OCH3 is 1. The van der Waals surface area contributed by atoms with Gasteiger partial charge < -0.3 is 4.74 Å². The molecule has 0 aromatic heterocycles. The van der Waals surface area contributed by atoms with E-state index in [1.54, 1.807) is 7.11 Å². The van der Waals surface area contributed by atoms with Gasteiger partial charge in [-0.3, -0.25) is 0 Å². The van der Waals surface area contributed by atoms with Crippen molar-refractivity contribution in [3.63, 3.8) is 0 Å². The summed E-state index contributed by atoms with van der Waals surface area (Å²) >= 11 is 0. The van der Waals surface area contributed by atoms with Crippen molar-refractivity contribution in [2.75, 3.05) is 7.11 Å². The third-order valence-corrected chi connectivity index (χ3v) is 28.0. The number of hydrogen-bond acceptors (Lipinski definition) is 1. The van der Waals surface area contributed by atoms with Crippen LogP contribution in [0.5, 0.6) is 0 Å². The topological polar surface area (TPSA) is 9.23 Å². The first-order valence-corrected chi connectivity index (χ1v) is 66.2. The van der Waals surface area contributed by atoms with E-state index in [9.17, 15) is 0 Å². The van der Waals surface area contributed by atoms with Gasteiger partial charge in [-0.1, -0.05) is 724 Å². The molecule has 0 fully saturated rings. The zero-order valence-electron chi connectivity index (χ0n) is 113. The first kappa shape index (κ1) is 171. The number of ether oxygens (including phenoxy) is 1. The van der Waals surface area contributed by atoms with Gasteiger partial charge in [-0.15, -0.1) is 6.58 Å². The second kappa shape index (κ2) is 130. The van der Waals surface area contributed by atoms with Crippen molar-refractivity contribution in [2.45, 2.75) is 795 Å². The van der Waals surface area contributed by atoms with E-state index >= 15 is 0 Å². The first-order chi connectivity index (χ1) is 67.1. The minimum Gasteiger partial charge on any atom is -0.379 e. The fraction of sp³-hybridized carbons (Fsp3) is 0.986. The van der Waals surface area contributed by atoms with Crippen molar-refractivity contribution in [1.29, 1.82) is 0 Å². The molecular formula is C143H310O. The Balaban J connectivity index is -0.000000118. The van der Waals surface area contributed by atoms with Crippen LogP contribution in [-0.4, -0.2) is 12.7 Å². The predicted molar refractivity (Wildman–Crippen MR) is 688 cm³/mol. The molecule has 0 spiro atoms. The molecule has 0 saturated carbocycles. The maximum Gasteiger partial charge on any atom is 0.0622 e. The molecule has 0 aromatic carbocycles. The fourth-order valence-corrected chi connectivity index (χ4v) is 17.1. The summed E-state index contributed by atoms with van der Waals surface area (Å²) in [5.41, 5.74) is 2.27. The smallest absolute Gasteiger partial charge is 0.0622 e. The van der Waals surface area contributed by atoms with E-state index in [1.807, 2.05) is 6.08 Å². The minimum atomic E-state index is 0.0814. The normalized spacial score (nSPS) is 11.8. The van der Waals surface area contributed by atoms with Crippen LogP contribution in [0, 0.1) is 116 Å². The molecule has 888 valence electrons. The third kappa shape index (κ3) is 221. The Morgan fingerprint density at radius 3 is 0.611 bits per heavy atom. The summed E-state index contributed by atoms with van der Waals surface area (Å²) in [6.45, 7) is 119. The molecule has 0 N–H and O–H groups in total. The van der Waals surface area contributed by atoms with Crippen LogP contribution in [0.3, 0.4) is 0 Å². The molecule has 0 aliphatic carbocycles. The predicted octanol–water partition coefficient (Wildman–Crippen LogP) is 55.1. The summed E-state index contributed by atoms with van der Waals surface area (Å²) in [5.74, 6) is 14.3. The highest BCUT2D eigenvalue weighted by atomic mass is 16.5. The van der Waals surface area contributed by atoms with Crippen molar-refractivity contribution in [2.24, 2.45) is 116 Å². The van der Waals surface area contributed by atoms with Crippen LogP contribution >= 0.6 is 0 Å². The molecule has 144 heavy (non-hydrogen) atoms. The van der Waals surface area contributed by atoms with E-state index in [4.69, 9.17) is 4.74 Å². The molecule has 0 radical (unpaired) electrons. The molecule has 1 heteroatoms. The first-order valence-electron chi connectivity index (χ1n) is 66.2. The highest BCUT2D eigenvalue weighted by Crippen LogP contribution is 2.32. The van der Waals surface area contributed by atoms with E-state index in [2.05, 4.69) is 353 Å². The molecule has 0 bridgehead atoms. The lowest BCUT2D eigenvalue weighted by Gasteiger charge is -2.24. The van der Waals surface area contributed by atoms with Gasteiger partial charge >= 0.3 is 0 Å². The molecule has 0 aliphatic rings. The molecule has 1 atom stereocenters. The zero-order chi connectivity index (χ0) is 114. The summed E-state index contributed by atoms with van der Waals surface area (Å²) in [6.07, 6.45) is 99.0. The average Bonchev–Trinajstić information content (AvgIpc) is 0.907. The van der Waals surface area contributed by atoms with Gasteiger partial charge in [0.25, 0.3) is 0 Å². The van der Waals surface area contributed by atoms with Crippen molar-refractivity contribution >= 4 is 0 Å². The standard InChI is InChI=1S/C15H32.C13H28O.2C13H28.C12H26.3C11H24.C10H22.2C9H20.C9H18.C7H16/c1-4-5-6-7-8-9-10-11-12-13-14-15(2)3;1-12(2)10-8-6-7-9-11-13(3,4)14-5;1-12(2)10-8-6-7-9-11-13(3,4)5;1-4-5-6-7-8-9-10-11-12-13(2)3;1-11(2)9-7-5-6-8-10-12(3)4;1-10(2)8-6-7-9-11(3,4)5;1-6-8-11(4,5)9-7-10(2)3;1-5-7-11(8-6-2)9-10(3)4;1-5-6-7-8-10(4)9(2)3;1-8(2)6-7-9(3,4)5;2*1-4-5-6-7-8-9(2)3;1-4-5-6-7(2)3/h15H,4-14H2,1-3H3;12H,6-11H2,1-5H3;12H,6-11H2,1-5H3;13H,4-12H2,1-3H3;11-12H,5-10H2,1-4H3;2*10H,6-9H2,1-5H3;10-11H,5-9H2,1-4H3;9-10H,5-8H2,1-4H3;8H,6-7H2,1-5H3;9H,4-8H2,1-3H3;4,9H,1,5-8H2,2-3H3;7H,4-6H2,1-3H3. The summed E-state index contributed by atoms with van der Waals surface area (Å²) < 4.78 is 5.38. The van der Waals surface area contributed by atoms with Crippen LogP contribution in [0.15, 0.2) is 12.7 Å². The number of rotatable bonds is 76. The summed E-state index contributed by atoms with van der Waals surface area (Å²) in [4.78, 5) is 0. The summed E-state index contributed by atoms with van der Waals surface area (Å²) in [7, 11) is 1.80. The van der Waals surface area contributed by atoms with Crippen molar-refractivity contribution < 1.29 is 4.74 Å². The fourth-order valence-electron chi connectivity index (χ4n) is 17.1. The minimum absolute atomic E-state index is 0.0814.